The third-order valence-electron chi connectivity index (χ3n) is 5.03. The summed E-state index contributed by atoms with van der Waals surface area (Å²) in [5, 5.41) is 6.40. The highest BCUT2D eigenvalue weighted by molar-refractivity contribution is 9.10. The van der Waals surface area contributed by atoms with E-state index in [1.807, 2.05) is 48.5 Å². The fourth-order valence-corrected chi connectivity index (χ4v) is 3.74. The van der Waals surface area contributed by atoms with E-state index in [9.17, 15) is 13.2 Å². The molecule has 4 rings (SSSR count). The lowest BCUT2D eigenvalue weighted by Gasteiger charge is -2.24. The van der Waals surface area contributed by atoms with E-state index in [1.54, 1.807) is 18.2 Å². The zero-order valence-corrected chi connectivity index (χ0v) is 17.6. The molecule has 0 spiro atoms. The topological polar surface area (TPSA) is 24.8 Å². The molecule has 3 aromatic carbocycles. The number of halogens is 4. The smallest absolute Gasteiger partial charge is 0.416 e. The third-order valence-corrected chi connectivity index (χ3v) is 5.56. The van der Waals surface area contributed by atoms with Crippen LogP contribution >= 0.6 is 15.9 Å². The molecule has 0 fully saturated rings. The molecule has 0 radical (unpaired) electrons. The molecule has 0 aliphatic carbocycles. The standard InChI is InChI=1S/C23H18BrF3N2O/c1-30-20-11-7-15(8-12-20)21-14-22(16-5-9-18(24)10-6-16)29(28-21)19-4-2-3-17(13-19)23(25,26)27/h2-13,22H,14H2,1H3/t22-/m0/s1. The van der Waals surface area contributed by atoms with Crippen LogP contribution in [0.1, 0.15) is 29.2 Å². The number of hydrogen-bond acceptors (Lipinski definition) is 3. The van der Waals surface area contributed by atoms with Gasteiger partial charge in [-0.2, -0.15) is 18.3 Å². The van der Waals surface area contributed by atoms with Gasteiger partial charge in [0.15, 0.2) is 0 Å². The number of anilines is 1. The molecule has 3 nitrogen and oxygen atoms in total. The molecule has 0 amide bonds. The largest absolute Gasteiger partial charge is 0.497 e. The van der Waals surface area contributed by atoms with Crippen LogP contribution < -0.4 is 9.75 Å². The van der Waals surface area contributed by atoms with Crippen molar-refractivity contribution in [1.82, 2.24) is 0 Å². The Balaban J connectivity index is 1.75. The quantitative estimate of drug-likeness (QED) is 0.413. The Morgan fingerprint density at radius 3 is 2.33 bits per heavy atom. The van der Waals surface area contributed by atoms with Gasteiger partial charge in [-0.05, 0) is 65.7 Å². The summed E-state index contributed by atoms with van der Waals surface area (Å²) in [5.74, 6) is 0.733. The van der Waals surface area contributed by atoms with Gasteiger partial charge in [-0.25, -0.2) is 0 Å². The van der Waals surface area contributed by atoms with E-state index in [2.05, 4.69) is 15.9 Å². The van der Waals surface area contributed by atoms with Crippen molar-refractivity contribution in [3.05, 3.63) is 94.0 Å². The summed E-state index contributed by atoms with van der Waals surface area (Å²) < 4.78 is 45.9. The normalized spacial score (nSPS) is 16.5. The van der Waals surface area contributed by atoms with Crippen LogP contribution in [0.15, 0.2) is 82.4 Å². The SMILES string of the molecule is COc1ccc(C2=NN(c3cccc(C(F)(F)F)c3)[C@H](c3ccc(Br)cc3)C2)cc1. The highest BCUT2D eigenvalue weighted by Gasteiger charge is 2.34. The Bertz CT molecular complexity index is 1060. The molecule has 0 saturated heterocycles. The van der Waals surface area contributed by atoms with Crippen LogP contribution in [0.4, 0.5) is 18.9 Å². The van der Waals surface area contributed by atoms with Gasteiger partial charge in [0, 0.05) is 10.9 Å². The maximum atomic E-state index is 13.3. The second-order valence-electron chi connectivity index (χ2n) is 6.94. The van der Waals surface area contributed by atoms with Gasteiger partial charge in [0.2, 0.25) is 0 Å². The number of rotatable bonds is 4. The average molecular weight is 475 g/mol. The van der Waals surface area contributed by atoms with E-state index >= 15 is 0 Å². The predicted octanol–water partition coefficient (Wildman–Crippen LogP) is 6.83. The van der Waals surface area contributed by atoms with E-state index < -0.39 is 11.7 Å². The molecule has 7 heteroatoms. The molecule has 0 unspecified atom stereocenters. The minimum atomic E-state index is -4.41. The van der Waals surface area contributed by atoms with Gasteiger partial charge in [0.05, 0.1) is 30.1 Å². The Morgan fingerprint density at radius 1 is 1.00 bits per heavy atom. The number of alkyl halides is 3. The Labute approximate surface area is 180 Å². The summed E-state index contributed by atoms with van der Waals surface area (Å²) >= 11 is 3.43. The number of ether oxygens (including phenoxy) is 1. The first-order valence-corrected chi connectivity index (χ1v) is 10.1. The van der Waals surface area contributed by atoms with Gasteiger partial charge < -0.3 is 4.74 Å². The lowest BCUT2D eigenvalue weighted by Crippen LogP contribution is -2.19. The number of nitrogens with zero attached hydrogens (tertiary/aromatic N) is 2. The number of hydrogen-bond donors (Lipinski definition) is 0. The van der Waals surface area contributed by atoms with Crippen molar-refractivity contribution < 1.29 is 17.9 Å². The first-order valence-electron chi connectivity index (χ1n) is 9.29. The fourth-order valence-electron chi connectivity index (χ4n) is 3.48. The summed E-state index contributed by atoms with van der Waals surface area (Å²) in [6.07, 6.45) is -3.84. The number of benzene rings is 3. The molecule has 0 N–H and O–H groups in total. The molecular weight excluding hydrogens is 457 g/mol. The second-order valence-corrected chi connectivity index (χ2v) is 7.86. The molecule has 1 heterocycles. The van der Waals surface area contributed by atoms with Crippen LogP contribution in [0, 0.1) is 0 Å². The number of hydrazone groups is 1. The van der Waals surface area contributed by atoms with Crippen molar-refractivity contribution in [2.75, 3.05) is 12.1 Å². The van der Waals surface area contributed by atoms with Crippen molar-refractivity contribution in [3.8, 4) is 5.75 Å². The molecule has 1 aliphatic rings. The Kier molecular flexibility index (Phi) is 5.56. The minimum absolute atomic E-state index is 0.210. The molecule has 0 bridgehead atoms. The summed E-state index contributed by atoms with van der Waals surface area (Å²) in [6.45, 7) is 0. The molecule has 0 saturated carbocycles. The number of methoxy groups -OCH3 is 1. The van der Waals surface area contributed by atoms with Crippen LogP contribution in [0.2, 0.25) is 0 Å². The third kappa shape index (κ3) is 4.21. The van der Waals surface area contributed by atoms with Crippen molar-refractivity contribution in [2.45, 2.75) is 18.6 Å². The monoisotopic (exact) mass is 474 g/mol. The second kappa shape index (κ2) is 8.14. The van der Waals surface area contributed by atoms with Crippen LogP contribution in [0.5, 0.6) is 5.75 Å². The van der Waals surface area contributed by atoms with E-state index in [0.29, 0.717) is 12.1 Å². The molecule has 30 heavy (non-hydrogen) atoms. The van der Waals surface area contributed by atoms with Crippen LogP contribution in [0.25, 0.3) is 0 Å². The van der Waals surface area contributed by atoms with Crippen molar-refractivity contribution in [2.24, 2.45) is 5.10 Å². The Hall–Kier alpha value is -2.80. The minimum Gasteiger partial charge on any atom is -0.497 e. The van der Waals surface area contributed by atoms with Crippen molar-refractivity contribution in [3.63, 3.8) is 0 Å². The lowest BCUT2D eigenvalue weighted by molar-refractivity contribution is -0.137. The molecule has 3 aromatic rings. The Morgan fingerprint density at radius 2 is 1.70 bits per heavy atom. The van der Waals surface area contributed by atoms with Gasteiger partial charge in [-0.15, -0.1) is 0 Å². The summed E-state index contributed by atoms with van der Waals surface area (Å²) in [6, 6.07) is 20.4. The zero-order chi connectivity index (χ0) is 21.3. The summed E-state index contributed by atoms with van der Waals surface area (Å²) in [5.41, 5.74) is 2.40. The van der Waals surface area contributed by atoms with Crippen LogP contribution in [-0.4, -0.2) is 12.8 Å². The lowest BCUT2D eigenvalue weighted by atomic mass is 9.98. The van der Waals surface area contributed by atoms with Gasteiger partial charge in [-0.3, -0.25) is 5.01 Å². The molecule has 1 aliphatic heterocycles. The summed E-state index contributed by atoms with van der Waals surface area (Å²) in [4.78, 5) is 0. The average Bonchev–Trinajstić information content (AvgIpc) is 3.19. The van der Waals surface area contributed by atoms with E-state index in [1.165, 1.54) is 6.07 Å². The summed E-state index contributed by atoms with van der Waals surface area (Å²) in [7, 11) is 1.60. The highest BCUT2D eigenvalue weighted by Crippen LogP contribution is 2.39. The van der Waals surface area contributed by atoms with E-state index in [0.717, 1.165) is 39.2 Å². The molecule has 0 aromatic heterocycles. The van der Waals surface area contributed by atoms with Gasteiger partial charge in [0.1, 0.15) is 5.75 Å². The maximum Gasteiger partial charge on any atom is 0.416 e. The van der Waals surface area contributed by atoms with Gasteiger partial charge >= 0.3 is 6.18 Å². The fraction of sp³-hybridized carbons (Fsp3) is 0.174. The first-order chi connectivity index (χ1) is 14.3. The van der Waals surface area contributed by atoms with Crippen molar-refractivity contribution in [1.29, 1.82) is 0 Å². The highest BCUT2D eigenvalue weighted by atomic mass is 79.9. The van der Waals surface area contributed by atoms with Gasteiger partial charge in [-0.1, -0.05) is 34.1 Å². The zero-order valence-electron chi connectivity index (χ0n) is 16.0. The molecular formula is C23H18BrF3N2O. The maximum absolute atomic E-state index is 13.3. The van der Waals surface area contributed by atoms with Gasteiger partial charge in [0.25, 0.3) is 0 Å². The van der Waals surface area contributed by atoms with Crippen LogP contribution in [-0.2, 0) is 6.18 Å². The van der Waals surface area contributed by atoms with E-state index in [-0.39, 0.29) is 6.04 Å². The first kappa shape index (κ1) is 20.5. The molecule has 1 atom stereocenters. The predicted molar refractivity (Wildman–Crippen MR) is 115 cm³/mol. The van der Waals surface area contributed by atoms with Crippen LogP contribution in [0.3, 0.4) is 0 Å². The molecule has 154 valence electrons. The van der Waals surface area contributed by atoms with Crippen molar-refractivity contribution >= 4 is 27.3 Å². The van der Waals surface area contributed by atoms with E-state index in [4.69, 9.17) is 9.84 Å².